The number of rotatable bonds is 2. The molecule has 19 heavy (non-hydrogen) atoms. The number of imidazole rings is 1. The zero-order chi connectivity index (χ0) is 14.4. The van der Waals surface area contributed by atoms with E-state index in [-0.39, 0.29) is 23.5 Å². The molecule has 3 heterocycles. The first-order chi connectivity index (χ1) is 9.47. The highest BCUT2D eigenvalue weighted by Gasteiger charge is 2.35. The minimum absolute atomic E-state index is 0.0740. The van der Waals surface area contributed by atoms with Gasteiger partial charge in [0.15, 0.2) is 17.4 Å². The average Bonchev–Trinajstić information content (AvgIpc) is 2.92. The molecule has 0 amide bonds. The first-order valence-corrected chi connectivity index (χ1v) is 5.63. The van der Waals surface area contributed by atoms with Crippen molar-refractivity contribution in [2.45, 2.75) is 24.9 Å². The van der Waals surface area contributed by atoms with Crippen molar-refractivity contribution < 1.29 is 16.3 Å². The molecule has 1 aliphatic heterocycles. The highest BCUT2D eigenvalue weighted by atomic mass is 16.5. The third kappa shape index (κ3) is 1.87. The first-order valence-electron chi connectivity index (χ1n) is 6.21. The average molecular weight is 268 g/mol. The molecule has 5 N–H and O–H groups in total. The van der Waals surface area contributed by atoms with E-state index in [1.807, 2.05) is 0 Å². The maximum absolute atomic E-state index is 11.7. The number of hydrogen-bond acceptors (Lipinski definition) is 7. The lowest BCUT2D eigenvalue weighted by Crippen LogP contribution is -2.20. The van der Waals surface area contributed by atoms with Crippen molar-refractivity contribution in [3.63, 3.8) is 0 Å². The molecule has 1 fully saturated rings. The van der Waals surface area contributed by atoms with Gasteiger partial charge in [-0.1, -0.05) is 0 Å². The molecule has 1 unspecified atom stereocenters. The number of ether oxygens (including phenoxy) is 1. The second kappa shape index (κ2) is 4.30. The fourth-order valence-corrected chi connectivity index (χ4v) is 2.16. The van der Waals surface area contributed by atoms with Gasteiger partial charge in [-0.25, -0.2) is 4.98 Å². The summed E-state index contributed by atoms with van der Waals surface area (Å²) in [6.07, 6.45) is -1.22. The zero-order valence-electron chi connectivity index (χ0n) is 10.7. The molecule has 0 aliphatic carbocycles. The van der Waals surface area contributed by atoms with Crippen molar-refractivity contribution in [2.24, 2.45) is 0 Å². The lowest BCUT2D eigenvalue weighted by Gasteiger charge is -2.16. The number of nitrogens with two attached hydrogens (primary N) is 1. The normalized spacial score (nSPS) is 29.6. The van der Waals surface area contributed by atoms with Crippen LogP contribution in [0.5, 0.6) is 0 Å². The van der Waals surface area contributed by atoms with Crippen molar-refractivity contribution in [1.29, 1.82) is 0 Å². The van der Waals surface area contributed by atoms with E-state index in [1.54, 1.807) is 0 Å². The number of nitrogen functional groups attached to an aromatic ring is 1. The molecule has 2 aromatic heterocycles. The summed E-state index contributed by atoms with van der Waals surface area (Å²) in [6.45, 7) is -1.45. The molecule has 0 spiro atoms. The van der Waals surface area contributed by atoms with Gasteiger partial charge >= 0.3 is 0 Å². The van der Waals surface area contributed by atoms with E-state index >= 15 is 0 Å². The van der Waals surface area contributed by atoms with Gasteiger partial charge < -0.3 is 20.7 Å². The molecular weight excluding hydrogens is 254 g/mol. The van der Waals surface area contributed by atoms with Crippen molar-refractivity contribution in [3.8, 4) is 0 Å². The summed E-state index contributed by atoms with van der Waals surface area (Å²) in [5.41, 5.74) is 5.24. The Labute approximate surface area is 108 Å². The van der Waals surface area contributed by atoms with Gasteiger partial charge in [0, 0.05) is 6.42 Å². The Morgan fingerprint density at radius 2 is 2.53 bits per heavy atom. The number of fused-ring (bicyclic) bond motifs is 1. The third-order valence-corrected chi connectivity index (χ3v) is 3.01. The van der Waals surface area contributed by atoms with Crippen LogP contribution in [0.15, 0.2) is 11.1 Å². The summed E-state index contributed by atoms with van der Waals surface area (Å²) in [5, 5.41) is 19.2. The van der Waals surface area contributed by atoms with Crippen LogP contribution in [0.1, 0.15) is 14.0 Å². The van der Waals surface area contributed by atoms with Gasteiger partial charge in [0.2, 0.25) is 5.95 Å². The van der Waals surface area contributed by atoms with Gasteiger partial charge in [-0.2, -0.15) is 4.98 Å². The number of nitrogens with zero attached hydrogens (tertiary/aromatic N) is 3. The Hall–Kier alpha value is -1.97. The summed E-state index contributed by atoms with van der Waals surface area (Å²) in [5.74, 6) is -0.0752. The van der Waals surface area contributed by atoms with Gasteiger partial charge in [-0.05, 0) is 0 Å². The molecule has 4 atom stereocenters. The number of nitrogens with one attached hydrogen (secondary N) is 1. The number of aromatic amines is 1. The zero-order valence-corrected chi connectivity index (χ0v) is 9.72. The van der Waals surface area contributed by atoms with Crippen molar-refractivity contribution in [1.82, 2.24) is 19.5 Å². The fourth-order valence-electron chi connectivity index (χ4n) is 2.16. The van der Waals surface area contributed by atoms with Crippen LogP contribution in [0.2, 0.25) is 0 Å². The summed E-state index contributed by atoms with van der Waals surface area (Å²) in [7, 11) is 0. The predicted molar refractivity (Wildman–Crippen MR) is 64.2 cm³/mol. The van der Waals surface area contributed by atoms with Crippen LogP contribution in [0.25, 0.3) is 11.2 Å². The Bertz CT molecular complexity index is 699. The Morgan fingerprint density at radius 3 is 3.21 bits per heavy atom. The molecule has 2 aromatic rings. The SMILES string of the molecule is [2H]C(O)[C@@H]1C[C@@H](O)[C@H](n2cnc3c(=O)[nH]c(N)nc32)O1. The van der Waals surface area contributed by atoms with Crippen molar-refractivity contribution >= 4 is 17.1 Å². The summed E-state index contributed by atoms with van der Waals surface area (Å²) in [6, 6.07) is 0. The van der Waals surface area contributed by atoms with E-state index in [9.17, 15) is 15.0 Å². The number of anilines is 1. The number of aliphatic hydroxyl groups excluding tert-OH is 2. The van der Waals surface area contributed by atoms with Gasteiger partial charge in [0.05, 0.1) is 20.4 Å². The highest BCUT2D eigenvalue weighted by Crippen LogP contribution is 2.30. The van der Waals surface area contributed by atoms with E-state index in [4.69, 9.17) is 11.8 Å². The molecule has 102 valence electrons. The highest BCUT2D eigenvalue weighted by molar-refractivity contribution is 5.70. The van der Waals surface area contributed by atoms with Gasteiger partial charge in [-0.3, -0.25) is 14.3 Å². The standard InChI is InChI=1S/C10H13N5O4/c11-10-13-7-6(8(18)14-10)12-3-15(7)9-5(17)1-4(2-16)19-9/h3-5,9,16-17H,1-2H2,(H3,11,13,14,18)/t4-,5+,9+/m0/s1/i2D/t2?,4-,5+,9+. The van der Waals surface area contributed by atoms with Gasteiger partial charge in [0.25, 0.3) is 5.56 Å². The van der Waals surface area contributed by atoms with Crippen molar-refractivity contribution in [2.75, 3.05) is 12.3 Å². The maximum Gasteiger partial charge on any atom is 0.280 e. The number of H-pyrrole nitrogens is 1. The van der Waals surface area contributed by atoms with E-state index in [0.717, 1.165) is 0 Å². The molecule has 1 aliphatic rings. The topological polar surface area (TPSA) is 139 Å². The van der Waals surface area contributed by atoms with Crippen LogP contribution in [-0.4, -0.2) is 48.5 Å². The van der Waals surface area contributed by atoms with Crippen LogP contribution in [-0.2, 0) is 4.74 Å². The Kier molecular flexibility index (Phi) is 2.47. The van der Waals surface area contributed by atoms with Crippen LogP contribution in [0.3, 0.4) is 0 Å². The van der Waals surface area contributed by atoms with Crippen LogP contribution in [0.4, 0.5) is 5.95 Å². The smallest absolute Gasteiger partial charge is 0.280 e. The molecule has 3 rings (SSSR count). The Morgan fingerprint density at radius 1 is 1.74 bits per heavy atom. The van der Waals surface area contributed by atoms with E-state index in [2.05, 4.69) is 15.0 Å². The fraction of sp³-hybridized carbons (Fsp3) is 0.500. The number of aromatic nitrogens is 4. The van der Waals surface area contributed by atoms with E-state index in [1.165, 1.54) is 10.9 Å². The lowest BCUT2D eigenvalue weighted by molar-refractivity contribution is -0.0486. The number of hydrogen-bond donors (Lipinski definition) is 4. The van der Waals surface area contributed by atoms with E-state index in [0.29, 0.717) is 0 Å². The van der Waals surface area contributed by atoms with Gasteiger partial charge in [-0.15, -0.1) is 0 Å². The lowest BCUT2D eigenvalue weighted by atomic mass is 10.2. The summed E-state index contributed by atoms with van der Waals surface area (Å²) in [4.78, 5) is 21.9. The molecule has 0 radical (unpaired) electrons. The minimum Gasteiger partial charge on any atom is -0.394 e. The largest absolute Gasteiger partial charge is 0.394 e. The van der Waals surface area contributed by atoms with E-state index < -0.39 is 30.6 Å². The second-order valence-corrected chi connectivity index (χ2v) is 4.29. The molecular formula is C10H13N5O4. The van der Waals surface area contributed by atoms with Crippen LogP contribution >= 0.6 is 0 Å². The van der Waals surface area contributed by atoms with Gasteiger partial charge in [0.1, 0.15) is 6.10 Å². The Balaban J connectivity index is 2.05. The molecule has 0 aromatic carbocycles. The van der Waals surface area contributed by atoms with Crippen molar-refractivity contribution in [3.05, 3.63) is 16.7 Å². The predicted octanol–water partition coefficient (Wildman–Crippen LogP) is -1.66. The summed E-state index contributed by atoms with van der Waals surface area (Å²) >= 11 is 0. The maximum atomic E-state index is 11.7. The van der Waals surface area contributed by atoms with Crippen LogP contribution in [0, 0.1) is 0 Å². The first kappa shape index (κ1) is 10.9. The molecule has 9 heteroatoms. The molecule has 1 saturated heterocycles. The quantitative estimate of drug-likeness (QED) is 0.511. The minimum atomic E-state index is -1.45. The number of aliphatic hydroxyl groups is 2. The molecule has 9 nitrogen and oxygen atoms in total. The monoisotopic (exact) mass is 268 g/mol. The third-order valence-electron chi connectivity index (χ3n) is 3.01. The molecule has 0 saturated carbocycles. The van der Waals surface area contributed by atoms with Crippen LogP contribution < -0.4 is 11.3 Å². The molecule has 0 bridgehead atoms. The second-order valence-electron chi connectivity index (χ2n) is 4.29. The summed E-state index contributed by atoms with van der Waals surface area (Å²) < 4.78 is 14.0.